The second-order valence-electron chi connectivity index (χ2n) is 3.26. The molecular formula is C10H13BF2O4. The Morgan fingerprint density at radius 2 is 2.00 bits per heavy atom. The van der Waals surface area contributed by atoms with Gasteiger partial charge in [0, 0.05) is 0 Å². The molecular weight excluding hydrogens is 233 g/mol. The lowest BCUT2D eigenvalue weighted by molar-refractivity contribution is 0.00764. The van der Waals surface area contributed by atoms with Crippen molar-refractivity contribution in [1.82, 2.24) is 0 Å². The molecule has 0 aliphatic rings. The molecule has 1 aromatic carbocycles. The second-order valence-corrected chi connectivity index (χ2v) is 3.26. The van der Waals surface area contributed by atoms with Crippen LogP contribution in [0.15, 0.2) is 24.3 Å². The molecule has 4 nitrogen and oxygen atoms in total. The number of ether oxygens (including phenoxy) is 2. The molecule has 0 aliphatic heterocycles. The Kier molecular flexibility index (Phi) is 5.89. The lowest BCUT2D eigenvalue weighted by atomic mass is 9.80. The van der Waals surface area contributed by atoms with Crippen LogP contribution in [0.25, 0.3) is 0 Å². The Bertz CT molecular complexity index is 336. The predicted octanol–water partition coefficient (Wildman–Crippen LogP) is 0.0269. The zero-order valence-electron chi connectivity index (χ0n) is 9.05. The van der Waals surface area contributed by atoms with Crippen molar-refractivity contribution in [2.45, 2.75) is 6.43 Å². The molecule has 0 aromatic heterocycles. The molecule has 1 rings (SSSR count). The quantitative estimate of drug-likeness (QED) is 0.526. The summed E-state index contributed by atoms with van der Waals surface area (Å²) < 4.78 is 33.2. The monoisotopic (exact) mass is 246 g/mol. The molecule has 0 aliphatic carbocycles. The summed E-state index contributed by atoms with van der Waals surface area (Å²) in [6, 6.07) is 6.21. The van der Waals surface area contributed by atoms with E-state index in [0.717, 1.165) is 0 Å². The van der Waals surface area contributed by atoms with Crippen molar-refractivity contribution in [3.8, 4) is 5.75 Å². The van der Waals surface area contributed by atoms with Crippen LogP contribution < -0.4 is 10.2 Å². The van der Waals surface area contributed by atoms with Crippen LogP contribution in [0.1, 0.15) is 0 Å². The molecule has 0 bridgehead atoms. The first-order valence-electron chi connectivity index (χ1n) is 5.04. The lowest BCUT2D eigenvalue weighted by Crippen LogP contribution is -2.29. The van der Waals surface area contributed by atoms with Gasteiger partial charge in [0.2, 0.25) is 0 Å². The van der Waals surface area contributed by atoms with Gasteiger partial charge in [0.15, 0.2) is 0 Å². The maximum atomic E-state index is 11.7. The van der Waals surface area contributed by atoms with Crippen LogP contribution in [0.4, 0.5) is 8.78 Å². The first-order valence-corrected chi connectivity index (χ1v) is 5.04. The van der Waals surface area contributed by atoms with E-state index in [1.165, 1.54) is 12.1 Å². The van der Waals surface area contributed by atoms with Gasteiger partial charge in [-0.15, -0.1) is 0 Å². The van der Waals surface area contributed by atoms with Crippen LogP contribution in [-0.2, 0) is 4.74 Å². The van der Waals surface area contributed by atoms with E-state index in [1.54, 1.807) is 12.1 Å². The molecule has 0 saturated carbocycles. The molecule has 0 unspecified atom stereocenters. The third-order valence-corrected chi connectivity index (χ3v) is 1.90. The summed E-state index contributed by atoms with van der Waals surface area (Å²) in [6.07, 6.45) is -2.48. The van der Waals surface area contributed by atoms with Crippen molar-refractivity contribution < 1.29 is 28.3 Å². The molecule has 0 saturated heterocycles. The zero-order valence-corrected chi connectivity index (χ0v) is 9.05. The lowest BCUT2D eigenvalue weighted by Gasteiger charge is -2.08. The number of hydrogen-bond donors (Lipinski definition) is 2. The fourth-order valence-electron chi connectivity index (χ4n) is 1.16. The summed E-state index contributed by atoms with van der Waals surface area (Å²) in [4.78, 5) is 0. The Morgan fingerprint density at radius 3 is 2.65 bits per heavy atom. The van der Waals surface area contributed by atoms with E-state index in [0.29, 0.717) is 11.2 Å². The van der Waals surface area contributed by atoms with Gasteiger partial charge in [-0.05, 0) is 17.6 Å². The van der Waals surface area contributed by atoms with Crippen LogP contribution >= 0.6 is 0 Å². The van der Waals surface area contributed by atoms with E-state index in [4.69, 9.17) is 14.8 Å². The van der Waals surface area contributed by atoms with E-state index in [2.05, 4.69) is 4.74 Å². The Balaban J connectivity index is 2.29. The molecule has 0 amide bonds. The molecule has 1 aromatic rings. The van der Waals surface area contributed by atoms with Gasteiger partial charge in [0.05, 0.1) is 6.61 Å². The van der Waals surface area contributed by atoms with Crippen molar-refractivity contribution in [3.63, 3.8) is 0 Å². The minimum Gasteiger partial charge on any atom is -0.491 e. The normalized spacial score (nSPS) is 10.6. The highest BCUT2D eigenvalue weighted by molar-refractivity contribution is 6.58. The van der Waals surface area contributed by atoms with E-state index in [9.17, 15) is 8.78 Å². The van der Waals surface area contributed by atoms with Crippen molar-refractivity contribution >= 4 is 12.6 Å². The van der Waals surface area contributed by atoms with Gasteiger partial charge in [-0.1, -0.05) is 12.1 Å². The SMILES string of the molecule is OB(O)c1cccc(OCCOCC(F)F)c1. The summed E-state index contributed by atoms with van der Waals surface area (Å²) in [6.45, 7) is -0.438. The highest BCUT2D eigenvalue weighted by Crippen LogP contribution is 2.07. The van der Waals surface area contributed by atoms with Crippen LogP contribution in [0.3, 0.4) is 0 Å². The third kappa shape index (κ3) is 5.62. The standard InChI is InChI=1S/C10H13BF2O4/c12-10(13)7-16-4-5-17-9-3-1-2-8(6-9)11(14)15/h1-3,6,10,14-15H,4-5,7H2. The average molecular weight is 246 g/mol. The molecule has 0 spiro atoms. The zero-order chi connectivity index (χ0) is 12.7. The van der Waals surface area contributed by atoms with Gasteiger partial charge in [-0.3, -0.25) is 0 Å². The average Bonchev–Trinajstić information content (AvgIpc) is 2.28. The molecule has 17 heavy (non-hydrogen) atoms. The highest BCUT2D eigenvalue weighted by Gasteiger charge is 2.10. The van der Waals surface area contributed by atoms with Crippen molar-refractivity contribution in [2.24, 2.45) is 0 Å². The summed E-state index contributed by atoms with van der Waals surface area (Å²) in [5, 5.41) is 17.8. The van der Waals surface area contributed by atoms with Crippen LogP contribution in [0, 0.1) is 0 Å². The Morgan fingerprint density at radius 1 is 1.24 bits per heavy atom. The van der Waals surface area contributed by atoms with Crippen molar-refractivity contribution in [2.75, 3.05) is 19.8 Å². The summed E-state index contributed by atoms with van der Waals surface area (Å²) >= 11 is 0. The first-order chi connectivity index (χ1) is 8.09. The minimum atomic E-state index is -2.48. The second kappa shape index (κ2) is 7.21. The minimum absolute atomic E-state index is 0.0518. The number of benzene rings is 1. The highest BCUT2D eigenvalue weighted by atomic mass is 19.3. The number of hydrogen-bond acceptors (Lipinski definition) is 4. The molecule has 7 heteroatoms. The van der Waals surface area contributed by atoms with E-state index in [1.807, 2.05) is 0 Å². The molecule has 0 fully saturated rings. The van der Waals surface area contributed by atoms with Crippen LogP contribution in [0.2, 0.25) is 0 Å². The van der Waals surface area contributed by atoms with Gasteiger partial charge in [0.25, 0.3) is 6.43 Å². The largest absolute Gasteiger partial charge is 0.491 e. The van der Waals surface area contributed by atoms with Crippen molar-refractivity contribution in [3.05, 3.63) is 24.3 Å². The van der Waals surface area contributed by atoms with Gasteiger partial charge in [-0.25, -0.2) is 8.78 Å². The topological polar surface area (TPSA) is 58.9 Å². The Labute approximate surface area is 97.9 Å². The molecule has 0 radical (unpaired) electrons. The number of alkyl halides is 2. The van der Waals surface area contributed by atoms with E-state index >= 15 is 0 Å². The fourth-order valence-corrected chi connectivity index (χ4v) is 1.16. The summed E-state index contributed by atoms with van der Waals surface area (Å²) in [7, 11) is -1.56. The number of rotatable bonds is 7. The molecule has 2 N–H and O–H groups in total. The van der Waals surface area contributed by atoms with E-state index in [-0.39, 0.29) is 13.2 Å². The third-order valence-electron chi connectivity index (χ3n) is 1.90. The summed E-state index contributed by atoms with van der Waals surface area (Å²) in [5.41, 5.74) is 0.302. The van der Waals surface area contributed by atoms with E-state index < -0.39 is 20.2 Å². The van der Waals surface area contributed by atoms with Crippen LogP contribution in [0.5, 0.6) is 5.75 Å². The van der Waals surface area contributed by atoms with Crippen molar-refractivity contribution in [1.29, 1.82) is 0 Å². The Hall–Kier alpha value is -1.18. The predicted molar refractivity (Wildman–Crippen MR) is 58.6 cm³/mol. The van der Waals surface area contributed by atoms with Crippen LogP contribution in [-0.4, -0.2) is 43.4 Å². The summed E-state index contributed by atoms with van der Waals surface area (Å²) in [5.74, 6) is 0.427. The smallest absolute Gasteiger partial charge is 0.488 e. The van der Waals surface area contributed by atoms with Gasteiger partial charge >= 0.3 is 7.12 Å². The maximum absolute atomic E-state index is 11.7. The molecule has 0 heterocycles. The number of halogens is 2. The first kappa shape index (κ1) is 13.9. The maximum Gasteiger partial charge on any atom is 0.488 e. The van der Waals surface area contributed by atoms with Gasteiger partial charge < -0.3 is 19.5 Å². The fraction of sp³-hybridized carbons (Fsp3) is 0.400. The van der Waals surface area contributed by atoms with Gasteiger partial charge in [0.1, 0.15) is 19.0 Å². The molecule has 94 valence electrons. The van der Waals surface area contributed by atoms with Gasteiger partial charge in [-0.2, -0.15) is 0 Å². The molecule has 0 atom stereocenters.